The highest BCUT2D eigenvalue weighted by molar-refractivity contribution is 7.73. The Balaban J connectivity index is 5.82. The summed E-state index contributed by atoms with van der Waals surface area (Å²) < 4.78 is 14.6. The summed E-state index contributed by atoms with van der Waals surface area (Å²) in [5.41, 5.74) is -0.0391. The normalized spacial score (nSPS) is 17.2. The predicted octanol–water partition coefficient (Wildman–Crippen LogP) is 3.94. The molecule has 0 amide bonds. The first kappa shape index (κ1) is 17.4. The molecule has 0 fully saturated rings. The molecule has 0 saturated carbocycles. The number of nitrogens with zero attached hydrogens (tertiary/aromatic N) is 4. The third-order valence-electron chi connectivity index (χ3n) is 2.61. The molecule has 0 rings (SSSR count). The average Bonchev–Trinajstić information content (AvgIpc) is 1.97. The maximum atomic E-state index is 5.13. The zero-order chi connectivity index (χ0) is 14.1. The monoisotopic (exact) mass is 280 g/mol. The van der Waals surface area contributed by atoms with Gasteiger partial charge in [-0.25, -0.2) is 4.52 Å². The molecule has 0 aliphatic rings. The van der Waals surface area contributed by atoms with Crippen molar-refractivity contribution in [3.63, 3.8) is 0 Å². The Morgan fingerprint density at radius 1 is 0.824 bits per heavy atom. The molecule has 0 aromatic heterocycles. The van der Waals surface area contributed by atoms with Crippen LogP contribution in [-0.2, 0) is 0 Å². The first-order valence-corrected chi connectivity index (χ1v) is 10.5. The molecule has 0 bridgehead atoms. The standard InChI is InChI=1S/C11H30N4P2/c1-11(2,3)12-17(10,15(6)7)13-16(8,9)14(4)5/h1-10H3. The lowest BCUT2D eigenvalue weighted by molar-refractivity contribution is 0.573. The Bertz CT molecular complexity index is 358. The van der Waals surface area contributed by atoms with Gasteiger partial charge < -0.3 is 0 Å². The fraction of sp³-hybridized carbons (Fsp3) is 1.00. The lowest BCUT2D eigenvalue weighted by Gasteiger charge is -2.32. The van der Waals surface area contributed by atoms with Crippen molar-refractivity contribution in [3.05, 3.63) is 0 Å². The fourth-order valence-electron chi connectivity index (χ4n) is 1.25. The van der Waals surface area contributed by atoms with E-state index in [4.69, 9.17) is 9.26 Å². The van der Waals surface area contributed by atoms with E-state index in [1.807, 2.05) is 0 Å². The SMILES string of the molecule is CN(C)P(C)(C)=NP(C)(=NC(C)(C)C)N(C)C. The minimum atomic E-state index is -1.75. The Morgan fingerprint density at radius 3 is 1.47 bits per heavy atom. The summed E-state index contributed by atoms with van der Waals surface area (Å²) in [5, 5.41) is 0. The zero-order valence-electron chi connectivity index (χ0n) is 13.2. The molecule has 0 heterocycles. The molecular formula is C11H30N4P2. The van der Waals surface area contributed by atoms with Crippen molar-refractivity contribution < 1.29 is 0 Å². The van der Waals surface area contributed by atoms with Crippen LogP contribution in [0, 0.1) is 0 Å². The van der Waals surface area contributed by atoms with Crippen molar-refractivity contribution in [2.24, 2.45) is 9.26 Å². The van der Waals surface area contributed by atoms with Gasteiger partial charge in [0, 0.05) is 13.9 Å². The van der Waals surface area contributed by atoms with Crippen LogP contribution in [0.5, 0.6) is 0 Å². The van der Waals surface area contributed by atoms with Crippen LogP contribution in [0.1, 0.15) is 20.8 Å². The minimum absolute atomic E-state index is 0.0391. The largest absolute Gasteiger partial charge is 0.276 e. The van der Waals surface area contributed by atoms with Crippen LogP contribution in [-0.4, -0.2) is 63.1 Å². The molecular weight excluding hydrogens is 250 g/mol. The topological polar surface area (TPSA) is 31.2 Å². The van der Waals surface area contributed by atoms with Gasteiger partial charge in [0.25, 0.3) is 0 Å². The zero-order valence-corrected chi connectivity index (χ0v) is 15.0. The van der Waals surface area contributed by atoms with Crippen molar-refractivity contribution >= 4 is 14.6 Å². The molecule has 0 aliphatic heterocycles. The molecule has 0 saturated heterocycles. The van der Waals surface area contributed by atoms with E-state index in [1.165, 1.54) is 0 Å². The highest BCUT2D eigenvalue weighted by Gasteiger charge is 2.22. The van der Waals surface area contributed by atoms with Gasteiger partial charge in [-0.15, -0.1) is 0 Å². The van der Waals surface area contributed by atoms with Crippen LogP contribution in [0.25, 0.3) is 0 Å². The van der Waals surface area contributed by atoms with Crippen molar-refractivity contribution in [2.75, 3.05) is 48.2 Å². The van der Waals surface area contributed by atoms with E-state index in [-0.39, 0.29) is 5.54 Å². The van der Waals surface area contributed by atoms with Gasteiger partial charge in [0.2, 0.25) is 0 Å². The third-order valence-corrected chi connectivity index (χ3v) is 10.2. The van der Waals surface area contributed by atoms with Gasteiger partial charge in [0.1, 0.15) is 7.36 Å². The minimum Gasteiger partial charge on any atom is -0.276 e. The summed E-state index contributed by atoms with van der Waals surface area (Å²) in [5.74, 6) is 0. The highest BCUT2D eigenvalue weighted by atomic mass is 31.2. The van der Waals surface area contributed by atoms with E-state index in [0.29, 0.717) is 0 Å². The second-order valence-electron chi connectivity index (χ2n) is 6.26. The highest BCUT2D eigenvalue weighted by Crippen LogP contribution is 2.61. The summed E-state index contributed by atoms with van der Waals surface area (Å²) >= 11 is 0. The molecule has 17 heavy (non-hydrogen) atoms. The summed E-state index contributed by atoms with van der Waals surface area (Å²) in [6.07, 6.45) is 0. The number of hydrogen-bond donors (Lipinski definition) is 0. The van der Waals surface area contributed by atoms with Crippen LogP contribution in [0.2, 0.25) is 0 Å². The fourth-order valence-corrected chi connectivity index (χ4v) is 7.33. The van der Waals surface area contributed by atoms with Gasteiger partial charge in [-0.1, -0.05) is 0 Å². The molecule has 0 aromatic rings. The molecule has 1 atom stereocenters. The number of rotatable bonds is 3. The number of hydrogen-bond acceptors (Lipinski definition) is 1. The smallest absolute Gasteiger partial charge is 0.136 e. The van der Waals surface area contributed by atoms with Crippen molar-refractivity contribution in [1.29, 1.82) is 0 Å². The maximum Gasteiger partial charge on any atom is 0.136 e. The van der Waals surface area contributed by atoms with E-state index in [2.05, 4.69) is 78.3 Å². The Kier molecular flexibility index (Phi) is 5.69. The lowest BCUT2D eigenvalue weighted by atomic mass is 10.1. The van der Waals surface area contributed by atoms with Gasteiger partial charge in [-0.3, -0.25) is 14.1 Å². The van der Waals surface area contributed by atoms with Gasteiger partial charge >= 0.3 is 0 Å². The molecule has 1 unspecified atom stereocenters. The Hall–Kier alpha value is 0.380. The molecule has 104 valence electrons. The van der Waals surface area contributed by atoms with Gasteiger partial charge in [0.15, 0.2) is 0 Å². The molecule has 0 aliphatic carbocycles. The van der Waals surface area contributed by atoms with Crippen LogP contribution in [0.3, 0.4) is 0 Å². The average molecular weight is 280 g/mol. The van der Waals surface area contributed by atoms with E-state index in [1.54, 1.807) is 0 Å². The van der Waals surface area contributed by atoms with Crippen LogP contribution in [0.4, 0.5) is 0 Å². The summed E-state index contributed by atoms with van der Waals surface area (Å²) in [4.78, 5) is 0. The van der Waals surface area contributed by atoms with Crippen LogP contribution in [0.15, 0.2) is 9.26 Å². The van der Waals surface area contributed by atoms with E-state index in [0.717, 1.165) is 0 Å². The second kappa shape index (κ2) is 5.57. The molecule has 0 spiro atoms. The van der Waals surface area contributed by atoms with Gasteiger partial charge in [0.05, 0.1) is 5.54 Å². The molecule has 0 N–H and O–H groups in total. The van der Waals surface area contributed by atoms with Gasteiger partial charge in [-0.2, -0.15) is 0 Å². The van der Waals surface area contributed by atoms with E-state index >= 15 is 0 Å². The third kappa shape index (κ3) is 5.70. The molecule has 0 aromatic carbocycles. The lowest BCUT2D eigenvalue weighted by Crippen LogP contribution is -2.15. The molecule has 6 heteroatoms. The summed E-state index contributed by atoms with van der Waals surface area (Å²) in [7, 11) is 5.23. The Labute approximate surface area is 108 Å². The molecule has 0 radical (unpaired) electrons. The summed E-state index contributed by atoms with van der Waals surface area (Å²) in [6.45, 7) is 13.1. The second-order valence-corrected chi connectivity index (χ2v) is 13.2. The van der Waals surface area contributed by atoms with E-state index < -0.39 is 14.6 Å². The van der Waals surface area contributed by atoms with Crippen molar-refractivity contribution in [3.8, 4) is 0 Å². The van der Waals surface area contributed by atoms with E-state index in [9.17, 15) is 0 Å². The quantitative estimate of drug-likeness (QED) is 0.733. The Morgan fingerprint density at radius 2 is 1.24 bits per heavy atom. The predicted molar refractivity (Wildman–Crippen MR) is 83.6 cm³/mol. The van der Waals surface area contributed by atoms with Gasteiger partial charge in [-0.05, 0) is 62.3 Å². The van der Waals surface area contributed by atoms with Crippen LogP contribution < -0.4 is 0 Å². The first-order chi connectivity index (χ1) is 7.30. The first-order valence-electron chi connectivity index (χ1n) is 5.85. The van der Waals surface area contributed by atoms with Crippen molar-refractivity contribution in [1.82, 2.24) is 9.34 Å². The maximum absolute atomic E-state index is 5.13. The molecule has 4 nitrogen and oxygen atoms in total. The van der Waals surface area contributed by atoms with Crippen molar-refractivity contribution in [2.45, 2.75) is 26.3 Å². The summed E-state index contributed by atoms with van der Waals surface area (Å²) in [6, 6.07) is 0. The van der Waals surface area contributed by atoms with Crippen LogP contribution >= 0.6 is 14.6 Å².